The lowest BCUT2D eigenvalue weighted by Gasteiger charge is -2.39. The zero-order valence-electron chi connectivity index (χ0n) is 10.5. The van der Waals surface area contributed by atoms with Crippen LogP contribution in [0.2, 0.25) is 0 Å². The number of carbonyl (C=O) groups is 1. The van der Waals surface area contributed by atoms with E-state index in [1.807, 2.05) is 5.38 Å². The van der Waals surface area contributed by atoms with Gasteiger partial charge < -0.3 is 4.79 Å². The molecule has 2 bridgehead atoms. The summed E-state index contributed by atoms with van der Waals surface area (Å²) < 4.78 is 0. The molecular weight excluding hydrogens is 230 g/mol. The number of hydrogen-bond donors (Lipinski definition) is 0. The Labute approximate surface area is 107 Å². The average molecular weight is 249 g/mol. The maximum atomic E-state index is 11.1. The predicted octanol–water partition coefficient (Wildman–Crippen LogP) is 3.71. The average Bonchev–Trinajstić information content (AvgIpc) is 3.02. The number of aromatic nitrogens is 1. The lowest BCUT2D eigenvalue weighted by molar-refractivity contribution is -0.119. The molecule has 0 aromatic carbocycles. The number of allylic oxidation sites excluding steroid dienone is 1. The quantitative estimate of drug-likeness (QED) is 0.561. The van der Waals surface area contributed by atoms with Crippen LogP contribution in [0.1, 0.15) is 33.1 Å². The van der Waals surface area contributed by atoms with Gasteiger partial charge in [-0.15, -0.1) is 11.3 Å². The molecule has 2 unspecified atom stereocenters. The Morgan fingerprint density at radius 1 is 1.59 bits per heavy atom. The van der Waals surface area contributed by atoms with E-state index >= 15 is 0 Å². The Morgan fingerprint density at radius 2 is 2.35 bits per heavy atom. The van der Waals surface area contributed by atoms with E-state index in [-0.39, 0.29) is 10.8 Å². The van der Waals surface area contributed by atoms with Gasteiger partial charge in [0, 0.05) is 17.0 Å². The van der Waals surface area contributed by atoms with Crippen molar-refractivity contribution >= 4 is 17.6 Å². The van der Waals surface area contributed by atoms with Crippen LogP contribution < -0.4 is 0 Å². The smallest absolute Gasteiger partial charge is 0.127 e. The van der Waals surface area contributed by atoms with Crippen molar-refractivity contribution in [2.75, 3.05) is 0 Å². The molecule has 0 spiro atoms. The molecule has 2 nitrogen and oxygen atoms in total. The fraction of sp³-hybridized carbons (Fsp3) is 0.571. The number of fused-ring (bicyclic) bond motifs is 2. The van der Waals surface area contributed by atoms with Crippen molar-refractivity contribution in [2.45, 2.75) is 33.1 Å². The second-order valence-corrected chi connectivity index (χ2v) is 6.29. The zero-order valence-corrected chi connectivity index (χ0v) is 11.3. The van der Waals surface area contributed by atoms with E-state index in [2.05, 4.69) is 25.4 Å². The van der Waals surface area contributed by atoms with Gasteiger partial charge in [0.2, 0.25) is 0 Å². The maximum absolute atomic E-state index is 11.1. The van der Waals surface area contributed by atoms with Gasteiger partial charge in [-0.25, -0.2) is 0 Å². The molecule has 2 fully saturated rings. The lowest BCUT2D eigenvalue weighted by atomic mass is 9.64. The Kier molecular flexibility index (Phi) is 3.21. The molecule has 0 N–H and O–H groups in total. The molecule has 2 aliphatic carbocycles. The van der Waals surface area contributed by atoms with Crippen LogP contribution in [-0.4, -0.2) is 11.3 Å². The van der Waals surface area contributed by atoms with Crippen LogP contribution >= 0.6 is 11.3 Å². The summed E-state index contributed by atoms with van der Waals surface area (Å²) in [6.45, 7) is 8.46. The minimum Gasteiger partial charge on any atom is -0.303 e. The minimum absolute atomic E-state index is 0.0532. The van der Waals surface area contributed by atoms with Crippen LogP contribution in [0.15, 0.2) is 29.2 Å². The second kappa shape index (κ2) is 4.37. The first-order valence-corrected chi connectivity index (χ1v) is 6.95. The highest BCUT2D eigenvalue weighted by atomic mass is 32.1. The van der Waals surface area contributed by atoms with Gasteiger partial charge in [-0.1, -0.05) is 26.0 Å². The van der Waals surface area contributed by atoms with Crippen molar-refractivity contribution in [2.24, 2.45) is 16.7 Å². The van der Waals surface area contributed by atoms with Gasteiger partial charge in [-0.05, 0) is 30.6 Å². The van der Waals surface area contributed by atoms with Crippen LogP contribution in [0, 0.1) is 16.7 Å². The number of thiazole rings is 1. The Hall–Kier alpha value is -0.960. The monoisotopic (exact) mass is 249 g/mol. The first-order valence-electron chi connectivity index (χ1n) is 6.01. The summed E-state index contributed by atoms with van der Waals surface area (Å²) in [5.74, 6) is 0.630. The van der Waals surface area contributed by atoms with Crippen molar-refractivity contribution in [3.05, 3.63) is 29.2 Å². The fourth-order valence-corrected chi connectivity index (χ4v) is 3.55. The number of nitrogens with zero attached hydrogens (tertiary/aromatic N) is 1. The van der Waals surface area contributed by atoms with Gasteiger partial charge in [-0.3, -0.25) is 4.98 Å². The highest BCUT2D eigenvalue weighted by Crippen LogP contribution is 2.65. The van der Waals surface area contributed by atoms with E-state index in [4.69, 9.17) is 0 Å². The molecule has 3 rings (SSSR count). The topological polar surface area (TPSA) is 30.0 Å². The molecule has 1 aromatic heterocycles. The maximum Gasteiger partial charge on any atom is 0.127 e. The Balaban J connectivity index is 0.000000181. The largest absolute Gasteiger partial charge is 0.303 e. The summed E-state index contributed by atoms with van der Waals surface area (Å²) >= 11 is 1.60. The van der Waals surface area contributed by atoms with Crippen LogP contribution in [0.5, 0.6) is 0 Å². The molecule has 92 valence electrons. The molecule has 0 aliphatic heterocycles. The molecule has 3 heteroatoms. The van der Waals surface area contributed by atoms with Gasteiger partial charge in [0.1, 0.15) is 6.29 Å². The first-order chi connectivity index (χ1) is 8.03. The highest BCUT2D eigenvalue weighted by Gasteiger charge is 2.58. The molecule has 2 aliphatic rings. The van der Waals surface area contributed by atoms with E-state index < -0.39 is 0 Å². The van der Waals surface area contributed by atoms with E-state index in [9.17, 15) is 4.79 Å². The Bertz CT molecular complexity index is 393. The third-order valence-electron chi connectivity index (χ3n) is 4.66. The van der Waals surface area contributed by atoms with Gasteiger partial charge in [-0.2, -0.15) is 0 Å². The number of aldehydes is 1. The summed E-state index contributed by atoms with van der Waals surface area (Å²) in [5.41, 5.74) is 3.09. The molecule has 1 aromatic rings. The molecule has 2 saturated carbocycles. The summed E-state index contributed by atoms with van der Waals surface area (Å²) in [5, 5.41) is 1.93. The summed E-state index contributed by atoms with van der Waals surface area (Å²) in [6, 6.07) is 0. The fourth-order valence-electron chi connectivity index (χ4n) is 3.20. The molecule has 0 radical (unpaired) electrons. The molecule has 17 heavy (non-hydrogen) atoms. The number of hydrogen-bond acceptors (Lipinski definition) is 3. The molecular formula is C14H19NOS. The van der Waals surface area contributed by atoms with E-state index in [1.54, 1.807) is 23.0 Å². The molecule has 1 heterocycles. The van der Waals surface area contributed by atoms with Crippen molar-refractivity contribution in [1.82, 2.24) is 4.98 Å². The predicted molar refractivity (Wildman–Crippen MR) is 70.9 cm³/mol. The number of rotatable bonds is 1. The first kappa shape index (κ1) is 12.5. The summed E-state index contributed by atoms with van der Waals surface area (Å²) in [4.78, 5) is 14.8. The zero-order chi connectivity index (χ0) is 12.5. The summed E-state index contributed by atoms with van der Waals surface area (Å²) in [7, 11) is 0. The normalized spacial score (nSPS) is 33.1. The highest BCUT2D eigenvalue weighted by molar-refractivity contribution is 7.07. The standard InChI is InChI=1S/C11H16O.C3H3NS/c1-8-9-4-5-11(6-9,7-12)10(8,2)3;1-2-5-3-4-1/h7,9H,1,4-6H2,2-3H3;1-3H. The van der Waals surface area contributed by atoms with E-state index in [1.165, 1.54) is 18.3 Å². The molecule has 0 amide bonds. The second-order valence-electron chi connectivity index (χ2n) is 5.54. The van der Waals surface area contributed by atoms with Crippen LogP contribution in [0.3, 0.4) is 0 Å². The summed E-state index contributed by atoms with van der Waals surface area (Å²) in [6.07, 6.45) is 6.27. The SMILES string of the molecule is C=C1C2CCC(C=O)(C2)C1(C)C.c1cscn1. The molecule has 2 atom stereocenters. The Morgan fingerprint density at radius 3 is 2.65 bits per heavy atom. The third-order valence-corrected chi connectivity index (χ3v) is 5.18. The van der Waals surface area contributed by atoms with Crippen LogP contribution in [-0.2, 0) is 4.79 Å². The van der Waals surface area contributed by atoms with Crippen LogP contribution in [0.4, 0.5) is 0 Å². The van der Waals surface area contributed by atoms with Crippen molar-refractivity contribution in [3.63, 3.8) is 0 Å². The number of carbonyl (C=O) groups excluding carboxylic acids is 1. The molecule has 0 saturated heterocycles. The lowest BCUT2D eigenvalue weighted by Crippen LogP contribution is -2.35. The van der Waals surface area contributed by atoms with Gasteiger partial charge in [0.25, 0.3) is 0 Å². The van der Waals surface area contributed by atoms with Gasteiger partial charge >= 0.3 is 0 Å². The van der Waals surface area contributed by atoms with Crippen molar-refractivity contribution in [1.29, 1.82) is 0 Å². The van der Waals surface area contributed by atoms with E-state index in [0.29, 0.717) is 5.92 Å². The minimum atomic E-state index is -0.0608. The van der Waals surface area contributed by atoms with Crippen LogP contribution in [0.25, 0.3) is 0 Å². The van der Waals surface area contributed by atoms with Crippen molar-refractivity contribution in [3.8, 4) is 0 Å². The third kappa shape index (κ3) is 1.86. The van der Waals surface area contributed by atoms with Crippen molar-refractivity contribution < 1.29 is 4.79 Å². The van der Waals surface area contributed by atoms with Gasteiger partial charge in [0.15, 0.2) is 0 Å². The van der Waals surface area contributed by atoms with Gasteiger partial charge in [0.05, 0.1) is 5.51 Å². The van der Waals surface area contributed by atoms with E-state index in [0.717, 1.165) is 12.8 Å².